The second-order valence-corrected chi connectivity index (χ2v) is 6.40. The lowest BCUT2D eigenvalue weighted by Gasteiger charge is -2.08. The lowest BCUT2D eigenvalue weighted by Crippen LogP contribution is -2.01. The van der Waals surface area contributed by atoms with Gasteiger partial charge in [0, 0.05) is 5.38 Å². The highest BCUT2D eigenvalue weighted by Crippen LogP contribution is 2.35. The molecule has 0 saturated heterocycles. The van der Waals surface area contributed by atoms with Crippen molar-refractivity contribution in [3.8, 4) is 0 Å². The van der Waals surface area contributed by atoms with Gasteiger partial charge in [-0.2, -0.15) is 8.75 Å². The Morgan fingerprint density at radius 2 is 2.00 bits per heavy atom. The number of aryl methyl sites for hydroxylation is 1. The van der Waals surface area contributed by atoms with Crippen LogP contribution in [0.15, 0.2) is 11.4 Å². The summed E-state index contributed by atoms with van der Waals surface area (Å²) < 4.78 is 8.43. The van der Waals surface area contributed by atoms with E-state index < -0.39 is 0 Å². The standard InChI is InChI=1S/C12H10Cl2N4S2/c1-2-9-16-6(5-19-9)4-15-10-7(13)3-8(14)11-12(10)18-20-17-11/h3,5,15H,2,4H2,1H3. The van der Waals surface area contributed by atoms with Crippen LogP contribution in [0.4, 0.5) is 5.69 Å². The quantitative estimate of drug-likeness (QED) is 0.749. The van der Waals surface area contributed by atoms with E-state index in [1.165, 1.54) is 0 Å². The minimum atomic E-state index is 0.520. The molecule has 1 N–H and O–H groups in total. The Labute approximate surface area is 134 Å². The number of benzene rings is 1. The van der Waals surface area contributed by atoms with Gasteiger partial charge in [-0.1, -0.05) is 30.1 Å². The number of anilines is 1. The highest BCUT2D eigenvalue weighted by Gasteiger charge is 2.14. The first kappa shape index (κ1) is 14.0. The molecule has 0 fully saturated rings. The minimum absolute atomic E-state index is 0.520. The molecule has 0 spiro atoms. The van der Waals surface area contributed by atoms with Gasteiger partial charge >= 0.3 is 0 Å². The van der Waals surface area contributed by atoms with Gasteiger partial charge in [0.15, 0.2) is 0 Å². The number of rotatable bonds is 4. The molecule has 8 heteroatoms. The van der Waals surface area contributed by atoms with Crippen molar-refractivity contribution in [2.24, 2.45) is 0 Å². The normalized spacial score (nSPS) is 11.2. The van der Waals surface area contributed by atoms with E-state index in [1.54, 1.807) is 17.4 Å². The first-order chi connectivity index (χ1) is 9.69. The van der Waals surface area contributed by atoms with E-state index in [-0.39, 0.29) is 0 Å². The van der Waals surface area contributed by atoms with E-state index in [0.717, 1.165) is 34.5 Å². The van der Waals surface area contributed by atoms with E-state index >= 15 is 0 Å². The molecule has 2 aromatic heterocycles. The summed E-state index contributed by atoms with van der Waals surface area (Å²) in [5.41, 5.74) is 3.13. The van der Waals surface area contributed by atoms with Crippen LogP contribution in [0.5, 0.6) is 0 Å². The van der Waals surface area contributed by atoms with Gasteiger partial charge in [-0.15, -0.1) is 11.3 Å². The number of thiazole rings is 1. The molecule has 0 aliphatic carbocycles. The van der Waals surface area contributed by atoms with E-state index in [4.69, 9.17) is 23.2 Å². The number of aromatic nitrogens is 3. The predicted molar refractivity (Wildman–Crippen MR) is 86.3 cm³/mol. The third-order valence-electron chi connectivity index (χ3n) is 2.79. The van der Waals surface area contributed by atoms with Crippen molar-refractivity contribution < 1.29 is 0 Å². The summed E-state index contributed by atoms with van der Waals surface area (Å²) in [6.45, 7) is 2.70. The van der Waals surface area contributed by atoms with Gasteiger partial charge in [0.25, 0.3) is 0 Å². The van der Waals surface area contributed by atoms with Crippen LogP contribution in [-0.2, 0) is 13.0 Å². The van der Waals surface area contributed by atoms with Crippen molar-refractivity contribution in [3.05, 3.63) is 32.2 Å². The molecule has 4 nitrogen and oxygen atoms in total. The molecule has 1 aromatic carbocycles. The second-order valence-electron chi connectivity index (χ2n) is 4.12. The van der Waals surface area contributed by atoms with E-state index in [2.05, 4.69) is 26.0 Å². The zero-order chi connectivity index (χ0) is 14.1. The van der Waals surface area contributed by atoms with Crippen molar-refractivity contribution in [2.75, 3.05) is 5.32 Å². The third kappa shape index (κ3) is 2.61. The van der Waals surface area contributed by atoms with Crippen molar-refractivity contribution in [2.45, 2.75) is 19.9 Å². The van der Waals surface area contributed by atoms with Gasteiger partial charge in [-0.25, -0.2) is 4.98 Å². The predicted octanol–water partition coefficient (Wildman–Crippen LogP) is 4.63. The zero-order valence-corrected chi connectivity index (χ0v) is 13.6. The highest BCUT2D eigenvalue weighted by molar-refractivity contribution is 7.09. The summed E-state index contributed by atoms with van der Waals surface area (Å²) in [6.07, 6.45) is 0.951. The van der Waals surface area contributed by atoms with Crippen molar-refractivity contribution in [1.82, 2.24) is 13.7 Å². The fourth-order valence-electron chi connectivity index (χ4n) is 1.81. The smallest absolute Gasteiger partial charge is 0.130 e. The Morgan fingerprint density at radius 1 is 1.20 bits per heavy atom. The Morgan fingerprint density at radius 3 is 2.75 bits per heavy atom. The van der Waals surface area contributed by atoms with Crippen LogP contribution in [0.3, 0.4) is 0 Å². The number of nitrogens with zero attached hydrogens (tertiary/aromatic N) is 3. The molecular weight excluding hydrogens is 335 g/mol. The average Bonchev–Trinajstić information content (AvgIpc) is 3.06. The topological polar surface area (TPSA) is 50.7 Å². The maximum atomic E-state index is 6.24. The summed E-state index contributed by atoms with van der Waals surface area (Å²) in [5.74, 6) is 0. The van der Waals surface area contributed by atoms with Gasteiger partial charge in [0.2, 0.25) is 0 Å². The van der Waals surface area contributed by atoms with Gasteiger partial charge < -0.3 is 5.32 Å². The van der Waals surface area contributed by atoms with Crippen LogP contribution >= 0.6 is 46.3 Å². The Hall–Kier alpha value is -0.950. The van der Waals surface area contributed by atoms with Crippen molar-refractivity contribution in [1.29, 1.82) is 0 Å². The molecule has 0 saturated carbocycles. The van der Waals surface area contributed by atoms with E-state index in [1.807, 2.05) is 5.38 Å². The fraction of sp³-hybridized carbons (Fsp3) is 0.250. The third-order valence-corrected chi connectivity index (χ3v) is 4.95. The first-order valence-corrected chi connectivity index (χ1v) is 8.33. The van der Waals surface area contributed by atoms with Gasteiger partial charge in [-0.3, -0.25) is 0 Å². The molecule has 104 valence electrons. The molecule has 0 amide bonds. The molecule has 2 heterocycles. The maximum absolute atomic E-state index is 6.24. The van der Waals surface area contributed by atoms with Crippen LogP contribution < -0.4 is 5.32 Å². The van der Waals surface area contributed by atoms with Gasteiger partial charge in [0.05, 0.1) is 44.7 Å². The maximum Gasteiger partial charge on any atom is 0.130 e. The van der Waals surface area contributed by atoms with Crippen LogP contribution in [-0.4, -0.2) is 13.7 Å². The molecule has 3 rings (SSSR count). The van der Waals surface area contributed by atoms with Crippen molar-refractivity contribution >= 4 is 63.0 Å². The zero-order valence-electron chi connectivity index (χ0n) is 10.5. The summed E-state index contributed by atoms with van der Waals surface area (Å²) in [5, 5.41) is 7.52. The number of hydrogen-bond acceptors (Lipinski definition) is 6. The lowest BCUT2D eigenvalue weighted by atomic mass is 10.2. The Kier molecular flexibility index (Phi) is 4.07. The fourth-order valence-corrected chi connectivity index (χ4v) is 3.74. The monoisotopic (exact) mass is 344 g/mol. The molecule has 0 unspecified atom stereocenters. The van der Waals surface area contributed by atoms with Gasteiger partial charge in [0.1, 0.15) is 11.0 Å². The molecule has 3 aromatic rings. The molecule has 0 aliphatic heterocycles. The SMILES string of the molecule is CCc1nc(CNc2c(Cl)cc(Cl)c3nsnc23)cs1. The minimum Gasteiger partial charge on any atom is -0.376 e. The summed E-state index contributed by atoms with van der Waals surface area (Å²) in [6, 6.07) is 1.69. The molecule has 0 bridgehead atoms. The molecule has 0 aliphatic rings. The van der Waals surface area contributed by atoms with Crippen molar-refractivity contribution in [3.63, 3.8) is 0 Å². The van der Waals surface area contributed by atoms with E-state index in [0.29, 0.717) is 27.6 Å². The number of fused-ring (bicyclic) bond motifs is 1. The average molecular weight is 345 g/mol. The van der Waals surface area contributed by atoms with Crippen LogP contribution in [0.2, 0.25) is 10.0 Å². The second kappa shape index (κ2) is 5.81. The molecule has 0 radical (unpaired) electrons. The summed E-state index contributed by atoms with van der Waals surface area (Å²) in [7, 11) is 0. The lowest BCUT2D eigenvalue weighted by molar-refractivity contribution is 1.01. The van der Waals surface area contributed by atoms with Gasteiger partial charge in [-0.05, 0) is 12.5 Å². The van der Waals surface area contributed by atoms with Crippen LogP contribution in [0.1, 0.15) is 17.6 Å². The number of nitrogens with one attached hydrogen (secondary N) is 1. The van der Waals surface area contributed by atoms with E-state index in [9.17, 15) is 0 Å². The number of halogens is 2. The molecular formula is C12H10Cl2N4S2. The van der Waals surface area contributed by atoms with Crippen LogP contribution in [0.25, 0.3) is 11.0 Å². The molecule has 20 heavy (non-hydrogen) atoms. The Balaban J connectivity index is 1.89. The summed E-state index contributed by atoms with van der Waals surface area (Å²) in [4.78, 5) is 4.51. The Bertz CT molecular complexity index is 753. The molecule has 0 atom stereocenters. The number of hydrogen-bond donors (Lipinski definition) is 1. The first-order valence-electron chi connectivity index (χ1n) is 5.96. The highest BCUT2D eigenvalue weighted by atomic mass is 35.5. The largest absolute Gasteiger partial charge is 0.376 e. The summed E-state index contributed by atoms with van der Waals surface area (Å²) >= 11 is 15.1. The van der Waals surface area contributed by atoms with Crippen LogP contribution in [0, 0.1) is 0 Å².